The van der Waals surface area contributed by atoms with Crippen LogP contribution < -0.4 is 4.90 Å². The van der Waals surface area contributed by atoms with Gasteiger partial charge in [0.25, 0.3) is 5.91 Å². The van der Waals surface area contributed by atoms with Gasteiger partial charge < -0.3 is 0 Å². The molecule has 0 spiro atoms. The van der Waals surface area contributed by atoms with Gasteiger partial charge in [-0.05, 0) is 12.1 Å². The van der Waals surface area contributed by atoms with Crippen LogP contribution in [0.1, 0.15) is 10.4 Å². The molecular formula is C17H12BrNO2S. The number of anilines is 1. The van der Waals surface area contributed by atoms with Gasteiger partial charge in [-0.15, -0.1) is 0 Å². The van der Waals surface area contributed by atoms with E-state index < -0.39 is 0 Å². The zero-order valence-corrected chi connectivity index (χ0v) is 13.9. The first-order valence-corrected chi connectivity index (χ1v) is 8.47. The van der Waals surface area contributed by atoms with E-state index in [9.17, 15) is 9.59 Å². The number of hydrogen-bond donors (Lipinski definition) is 0. The van der Waals surface area contributed by atoms with Gasteiger partial charge in [-0.25, -0.2) is 0 Å². The zero-order valence-electron chi connectivity index (χ0n) is 11.5. The minimum atomic E-state index is -0.373. The third-order valence-electron chi connectivity index (χ3n) is 3.19. The Bertz CT molecular complexity index is 731. The number of carbonyl (C=O) groups excluding carboxylic acids is 2. The summed E-state index contributed by atoms with van der Waals surface area (Å²) >= 11 is 4.68. The van der Waals surface area contributed by atoms with Crippen molar-refractivity contribution in [3.05, 3.63) is 77.3 Å². The first kappa shape index (κ1) is 15.1. The number of thioether (sulfide) groups is 1. The molecular weight excluding hydrogens is 362 g/mol. The summed E-state index contributed by atoms with van der Waals surface area (Å²) in [6.07, 6.45) is 1.52. The van der Waals surface area contributed by atoms with Gasteiger partial charge in [0.2, 0.25) is 0 Å². The predicted molar refractivity (Wildman–Crippen MR) is 93.1 cm³/mol. The van der Waals surface area contributed by atoms with Crippen molar-refractivity contribution in [3.63, 3.8) is 0 Å². The Balaban J connectivity index is 1.96. The molecule has 3 nitrogen and oxygen atoms in total. The normalized spacial score (nSPS) is 19.7. The highest BCUT2D eigenvalue weighted by atomic mass is 79.9. The van der Waals surface area contributed by atoms with Crippen LogP contribution in [0.4, 0.5) is 5.69 Å². The van der Waals surface area contributed by atoms with Crippen LogP contribution >= 0.6 is 27.7 Å². The highest BCUT2D eigenvalue weighted by Gasteiger charge is 2.36. The lowest BCUT2D eigenvalue weighted by Crippen LogP contribution is -2.26. The third-order valence-corrected chi connectivity index (χ3v) is 5.09. The molecule has 1 aliphatic heterocycles. The maximum atomic E-state index is 12.3. The van der Waals surface area contributed by atoms with Crippen LogP contribution in [0.25, 0.3) is 0 Å². The summed E-state index contributed by atoms with van der Waals surface area (Å²) in [5, 5.41) is 0.631. The van der Waals surface area contributed by atoms with Gasteiger partial charge in [-0.2, -0.15) is 0 Å². The molecule has 1 amide bonds. The number of rotatable bonds is 3. The number of nitrogens with zero attached hydrogens (tertiary/aromatic N) is 1. The number of hydrogen-bond acceptors (Lipinski definition) is 3. The lowest BCUT2D eigenvalue weighted by molar-refractivity contribution is -0.115. The van der Waals surface area contributed by atoms with E-state index in [-0.39, 0.29) is 15.8 Å². The Morgan fingerprint density at radius 1 is 1.05 bits per heavy atom. The van der Waals surface area contributed by atoms with Crippen LogP contribution in [0.5, 0.6) is 0 Å². The van der Waals surface area contributed by atoms with E-state index in [0.717, 1.165) is 5.69 Å². The number of alkyl halides is 1. The van der Waals surface area contributed by atoms with Gasteiger partial charge in [-0.3, -0.25) is 14.5 Å². The van der Waals surface area contributed by atoms with Gasteiger partial charge >= 0.3 is 0 Å². The van der Waals surface area contributed by atoms with Gasteiger partial charge in [0, 0.05) is 17.3 Å². The fourth-order valence-corrected chi connectivity index (χ4v) is 3.82. The second-order valence-corrected chi connectivity index (χ2v) is 7.30. The van der Waals surface area contributed by atoms with E-state index in [0.29, 0.717) is 10.6 Å². The lowest BCUT2D eigenvalue weighted by Gasteiger charge is -2.16. The van der Waals surface area contributed by atoms with Gasteiger partial charge in [0.15, 0.2) is 5.78 Å². The minimum absolute atomic E-state index is 0.0803. The van der Waals surface area contributed by atoms with E-state index in [1.807, 2.05) is 48.5 Å². The summed E-state index contributed by atoms with van der Waals surface area (Å²) in [5.41, 5.74) is 1.36. The number of benzene rings is 2. The van der Waals surface area contributed by atoms with Crippen LogP contribution in [-0.2, 0) is 4.79 Å². The standard InChI is InChI=1S/C17H12BrNO2S/c18-16-17(21)19(13-9-5-2-6-10-13)15(22-16)11-14(20)12-7-3-1-4-8-12/h1-11,16H/b15-11-. The largest absolute Gasteiger partial charge is 0.289 e. The molecule has 22 heavy (non-hydrogen) atoms. The van der Waals surface area contributed by atoms with Crippen LogP contribution in [0.2, 0.25) is 0 Å². The Morgan fingerprint density at radius 3 is 2.27 bits per heavy atom. The molecule has 0 N–H and O–H groups in total. The van der Waals surface area contributed by atoms with Crippen molar-refractivity contribution >= 4 is 45.1 Å². The van der Waals surface area contributed by atoms with Crippen molar-refractivity contribution in [2.75, 3.05) is 4.90 Å². The Labute approximate surface area is 141 Å². The fraction of sp³-hybridized carbons (Fsp3) is 0.0588. The van der Waals surface area contributed by atoms with Crippen LogP contribution in [0, 0.1) is 0 Å². The number of para-hydroxylation sites is 1. The van der Waals surface area contributed by atoms with E-state index in [1.165, 1.54) is 17.8 Å². The molecule has 2 aromatic rings. The molecule has 0 bridgehead atoms. The highest BCUT2D eigenvalue weighted by Crippen LogP contribution is 2.41. The predicted octanol–water partition coefficient (Wildman–Crippen LogP) is 4.21. The van der Waals surface area contributed by atoms with Gasteiger partial charge in [0.05, 0.1) is 5.03 Å². The summed E-state index contributed by atoms with van der Waals surface area (Å²) in [6, 6.07) is 18.4. The molecule has 1 aliphatic rings. The summed E-state index contributed by atoms with van der Waals surface area (Å²) < 4.78 is -0.373. The number of carbonyl (C=O) groups is 2. The average molecular weight is 374 g/mol. The maximum Gasteiger partial charge on any atom is 0.256 e. The molecule has 1 saturated heterocycles. The molecule has 5 heteroatoms. The van der Waals surface area contributed by atoms with Crippen LogP contribution in [-0.4, -0.2) is 15.8 Å². The SMILES string of the molecule is O=C(/C=C1\SC(Br)C(=O)N1c1ccccc1)c1ccccc1. The number of halogens is 1. The fourth-order valence-electron chi connectivity index (χ4n) is 2.15. The van der Waals surface area contributed by atoms with E-state index in [4.69, 9.17) is 0 Å². The van der Waals surface area contributed by atoms with Crippen molar-refractivity contribution in [1.82, 2.24) is 0 Å². The first-order chi connectivity index (χ1) is 10.7. The molecule has 1 heterocycles. The van der Waals surface area contributed by atoms with E-state index in [2.05, 4.69) is 15.9 Å². The van der Waals surface area contributed by atoms with Crippen molar-refractivity contribution in [1.29, 1.82) is 0 Å². The van der Waals surface area contributed by atoms with Crippen molar-refractivity contribution in [2.24, 2.45) is 0 Å². The summed E-state index contributed by atoms with van der Waals surface area (Å²) in [5.74, 6) is -0.193. The molecule has 1 fully saturated rings. The molecule has 110 valence electrons. The molecule has 0 saturated carbocycles. The van der Waals surface area contributed by atoms with Crippen LogP contribution in [0.15, 0.2) is 71.8 Å². The molecule has 1 unspecified atom stereocenters. The number of ketones is 1. The monoisotopic (exact) mass is 373 g/mol. The first-order valence-electron chi connectivity index (χ1n) is 6.67. The minimum Gasteiger partial charge on any atom is -0.289 e. The van der Waals surface area contributed by atoms with Crippen molar-refractivity contribution in [2.45, 2.75) is 4.16 Å². The van der Waals surface area contributed by atoms with Gasteiger partial charge in [-0.1, -0.05) is 76.2 Å². The third kappa shape index (κ3) is 3.00. The average Bonchev–Trinajstić information content (AvgIpc) is 2.83. The Morgan fingerprint density at radius 2 is 1.64 bits per heavy atom. The van der Waals surface area contributed by atoms with E-state index >= 15 is 0 Å². The molecule has 1 atom stereocenters. The Kier molecular flexibility index (Phi) is 4.45. The number of allylic oxidation sites excluding steroid dienone is 1. The maximum absolute atomic E-state index is 12.3. The Hall–Kier alpha value is -1.85. The number of amides is 1. The zero-order chi connectivity index (χ0) is 15.5. The quantitative estimate of drug-likeness (QED) is 0.459. The van der Waals surface area contributed by atoms with E-state index in [1.54, 1.807) is 17.0 Å². The molecule has 0 radical (unpaired) electrons. The second-order valence-electron chi connectivity index (χ2n) is 4.66. The van der Waals surface area contributed by atoms with Crippen LogP contribution in [0.3, 0.4) is 0 Å². The molecule has 3 rings (SSSR count). The smallest absolute Gasteiger partial charge is 0.256 e. The topological polar surface area (TPSA) is 37.4 Å². The van der Waals surface area contributed by atoms with Crippen molar-refractivity contribution < 1.29 is 9.59 Å². The molecule has 0 aliphatic carbocycles. The lowest BCUT2D eigenvalue weighted by atomic mass is 10.1. The summed E-state index contributed by atoms with van der Waals surface area (Å²) in [4.78, 5) is 26.3. The highest BCUT2D eigenvalue weighted by molar-refractivity contribution is 9.11. The van der Waals surface area contributed by atoms with Gasteiger partial charge in [0.1, 0.15) is 4.16 Å². The molecule has 0 aromatic heterocycles. The molecule has 2 aromatic carbocycles. The van der Waals surface area contributed by atoms with Crippen molar-refractivity contribution in [3.8, 4) is 0 Å². The summed E-state index contributed by atoms with van der Waals surface area (Å²) in [6.45, 7) is 0. The summed E-state index contributed by atoms with van der Waals surface area (Å²) in [7, 11) is 0. The second kappa shape index (κ2) is 6.50.